The normalized spacial score (nSPS) is 10.3. The van der Waals surface area contributed by atoms with Crippen LogP contribution in [0.3, 0.4) is 0 Å². The lowest BCUT2D eigenvalue weighted by molar-refractivity contribution is 0.803. The zero-order valence-electron chi connectivity index (χ0n) is 10.7. The van der Waals surface area contributed by atoms with Gasteiger partial charge >= 0.3 is 0 Å². The van der Waals surface area contributed by atoms with E-state index < -0.39 is 0 Å². The molecule has 0 saturated carbocycles. The van der Waals surface area contributed by atoms with Gasteiger partial charge < -0.3 is 10.6 Å². The van der Waals surface area contributed by atoms with E-state index in [1.807, 2.05) is 26.0 Å². The zero-order chi connectivity index (χ0) is 12.8. The van der Waals surface area contributed by atoms with Crippen LogP contribution in [0.5, 0.6) is 0 Å². The van der Waals surface area contributed by atoms with Crippen LogP contribution in [-0.4, -0.2) is 33.6 Å². The Kier molecular flexibility index (Phi) is 4.11. The molecule has 0 unspecified atom stereocenters. The van der Waals surface area contributed by atoms with Crippen LogP contribution in [0.4, 0.5) is 0 Å². The van der Waals surface area contributed by atoms with Crippen LogP contribution in [0.1, 0.15) is 19.5 Å². The summed E-state index contributed by atoms with van der Waals surface area (Å²) in [5.74, 6) is 0.817. The van der Waals surface area contributed by atoms with Crippen molar-refractivity contribution in [3.63, 3.8) is 0 Å². The Hall–Kier alpha value is -2.11. The third kappa shape index (κ3) is 2.77. The van der Waals surface area contributed by atoms with Crippen LogP contribution in [0, 0.1) is 0 Å². The molecule has 0 bridgehead atoms. The molecule has 0 amide bonds. The first-order valence-corrected chi connectivity index (χ1v) is 6.15. The molecule has 6 heteroatoms. The van der Waals surface area contributed by atoms with Crippen LogP contribution in [0.2, 0.25) is 0 Å². The second-order valence-corrected chi connectivity index (χ2v) is 3.76. The van der Waals surface area contributed by atoms with E-state index in [4.69, 9.17) is 0 Å². The number of fused-ring (bicyclic) bond motifs is 1. The molecule has 2 heterocycles. The largest absolute Gasteiger partial charge is 0.357 e. The third-order valence-electron chi connectivity index (χ3n) is 2.46. The Labute approximate surface area is 106 Å². The number of nitrogens with zero attached hydrogens (tertiary/aromatic N) is 4. The molecule has 0 spiro atoms. The van der Waals surface area contributed by atoms with Crippen LogP contribution in [0.25, 0.3) is 5.65 Å². The summed E-state index contributed by atoms with van der Waals surface area (Å²) in [4.78, 5) is 8.73. The molecule has 0 atom stereocenters. The summed E-state index contributed by atoms with van der Waals surface area (Å²) in [5.41, 5.74) is 1.86. The van der Waals surface area contributed by atoms with Crippen LogP contribution in [-0.2, 0) is 6.54 Å². The summed E-state index contributed by atoms with van der Waals surface area (Å²) in [6, 6.07) is 3.81. The molecule has 0 aliphatic carbocycles. The number of hydrogen-bond acceptors (Lipinski definition) is 3. The molecule has 96 valence electrons. The van der Waals surface area contributed by atoms with Crippen molar-refractivity contribution in [1.82, 2.24) is 25.2 Å². The third-order valence-corrected chi connectivity index (χ3v) is 2.46. The molecule has 18 heavy (non-hydrogen) atoms. The van der Waals surface area contributed by atoms with Crippen molar-refractivity contribution >= 4 is 11.6 Å². The number of rotatable bonds is 4. The maximum atomic E-state index is 4.51. The van der Waals surface area contributed by atoms with Gasteiger partial charge in [0.2, 0.25) is 0 Å². The molecule has 0 radical (unpaired) electrons. The summed E-state index contributed by atoms with van der Waals surface area (Å²) in [5, 5.41) is 10.6. The molecule has 0 aliphatic rings. The highest BCUT2D eigenvalue weighted by Crippen LogP contribution is 2.04. The van der Waals surface area contributed by atoms with Gasteiger partial charge in [-0.05, 0) is 19.9 Å². The fourth-order valence-electron chi connectivity index (χ4n) is 1.67. The minimum atomic E-state index is 0.566. The fraction of sp³-hybridized carbons (Fsp3) is 0.417. The Morgan fingerprint density at radius 2 is 2.00 bits per heavy atom. The average molecular weight is 246 g/mol. The van der Waals surface area contributed by atoms with Crippen molar-refractivity contribution < 1.29 is 0 Å². The van der Waals surface area contributed by atoms with Gasteiger partial charge in [-0.25, -0.2) is 14.5 Å². The lowest BCUT2D eigenvalue weighted by atomic mass is 10.4. The fourth-order valence-corrected chi connectivity index (χ4v) is 1.67. The van der Waals surface area contributed by atoms with Gasteiger partial charge in [-0.1, -0.05) is 0 Å². The van der Waals surface area contributed by atoms with E-state index in [0.29, 0.717) is 6.54 Å². The standard InChI is InChI=1S/C12H18N6/c1-3-13-12(14-4-2)16-9-10-5-7-15-11-6-8-17-18(10)11/h5-8H,3-4,9H2,1-2H3,(H2,13,14,16). The molecule has 2 aromatic rings. The van der Waals surface area contributed by atoms with E-state index in [0.717, 1.165) is 30.4 Å². The van der Waals surface area contributed by atoms with E-state index in [-0.39, 0.29) is 0 Å². The second kappa shape index (κ2) is 6.00. The van der Waals surface area contributed by atoms with Gasteiger partial charge in [-0.2, -0.15) is 5.10 Å². The highest BCUT2D eigenvalue weighted by atomic mass is 15.3. The highest BCUT2D eigenvalue weighted by Gasteiger charge is 2.01. The van der Waals surface area contributed by atoms with Crippen molar-refractivity contribution in [2.75, 3.05) is 13.1 Å². The van der Waals surface area contributed by atoms with Gasteiger partial charge in [0.15, 0.2) is 11.6 Å². The maximum absolute atomic E-state index is 4.51. The molecular weight excluding hydrogens is 228 g/mol. The molecule has 2 rings (SSSR count). The number of hydrogen-bond donors (Lipinski definition) is 2. The Bertz CT molecular complexity index is 522. The zero-order valence-corrected chi connectivity index (χ0v) is 10.7. The topological polar surface area (TPSA) is 66.6 Å². The van der Waals surface area contributed by atoms with E-state index in [9.17, 15) is 0 Å². The van der Waals surface area contributed by atoms with E-state index in [1.165, 1.54) is 0 Å². The van der Waals surface area contributed by atoms with Gasteiger partial charge in [0.25, 0.3) is 0 Å². The quantitative estimate of drug-likeness (QED) is 0.618. The predicted octanol–water partition coefficient (Wildman–Crippen LogP) is 0.804. The lowest BCUT2D eigenvalue weighted by Gasteiger charge is -2.09. The van der Waals surface area contributed by atoms with E-state index in [1.54, 1.807) is 16.9 Å². The van der Waals surface area contributed by atoms with Crippen LogP contribution in [0.15, 0.2) is 29.5 Å². The SMILES string of the molecule is CCNC(=NCc1ccnc2ccnn12)NCC. The predicted molar refractivity (Wildman–Crippen MR) is 71.5 cm³/mol. The molecule has 0 saturated heterocycles. The van der Waals surface area contributed by atoms with Gasteiger partial charge in [0, 0.05) is 25.4 Å². The van der Waals surface area contributed by atoms with Gasteiger partial charge in [-0.3, -0.25) is 0 Å². The molecule has 0 fully saturated rings. The summed E-state index contributed by atoms with van der Waals surface area (Å²) in [6.45, 7) is 6.35. The molecule has 6 nitrogen and oxygen atoms in total. The van der Waals surface area contributed by atoms with Crippen molar-refractivity contribution in [1.29, 1.82) is 0 Å². The molecular formula is C12H18N6. The summed E-state index contributed by atoms with van der Waals surface area (Å²) < 4.78 is 1.80. The lowest BCUT2D eigenvalue weighted by Crippen LogP contribution is -2.37. The molecule has 2 aromatic heterocycles. The minimum Gasteiger partial charge on any atom is -0.357 e. The maximum Gasteiger partial charge on any atom is 0.191 e. The monoisotopic (exact) mass is 246 g/mol. The van der Waals surface area contributed by atoms with Crippen LogP contribution >= 0.6 is 0 Å². The van der Waals surface area contributed by atoms with Gasteiger partial charge in [0.05, 0.1) is 18.4 Å². The summed E-state index contributed by atoms with van der Waals surface area (Å²) in [6.07, 6.45) is 3.52. The molecule has 2 N–H and O–H groups in total. The summed E-state index contributed by atoms with van der Waals surface area (Å²) >= 11 is 0. The second-order valence-electron chi connectivity index (χ2n) is 3.76. The smallest absolute Gasteiger partial charge is 0.191 e. The van der Waals surface area contributed by atoms with E-state index >= 15 is 0 Å². The summed E-state index contributed by atoms with van der Waals surface area (Å²) in [7, 11) is 0. The Morgan fingerprint density at radius 1 is 1.22 bits per heavy atom. The van der Waals surface area contributed by atoms with Crippen molar-refractivity contribution in [3.05, 3.63) is 30.2 Å². The van der Waals surface area contributed by atoms with Crippen LogP contribution < -0.4 is 10.6 Å². The average Bonchev–Trinajstić information content (AvgIpc) is 2.85. The molecule has 0 aliphatic heterocycles. The number of aliphatic imine (C=N–C) groups is 1. The number of aromatic nitrogens is 3. The number of nitrogens with one attached hydrogen (secondary N) is 2. The first kappa shape index (κ1) is 12.3. The first-order valence-electron chi connectivity index (χ1n) is 6.15. The van der Waals surface area contributed by atoms with Crippen molar-refractivity contribution in [2.24, 2.45) is 4.99 Å². The minimum absolute atomic E-state index is 0.566. The van der Waals surface area contributed by atoms with Gasteiger partial charge in [0.1, 0.15) is 0 Å². The van der Waals surface area contributed by atoms with E-state index in [2.05, 4.69) is 25.7 Å². The molecule has 0 aromatic carbocycles. The first-order chi connectivity index (χ1) is 8.85. The van der Waals surface area contributed by atoms with Crippen molar-refractivity contribution in [3.8, 4) is 0 Å². The Balaban J connectivity index is 2.17. The van der Waals surface area contributed by atoms with Crippen molar-refractivity contribution in [2.45, 2.75) is 20.4 Å². The van der Waals surface area contributed by atoms with Gasteiger partial charge in [-0.15, -0.1) is 0 Å². The Morgan fingerprint density at radius 3 is 2.72 bits per heavy atom. The highest BCUT2D eigenvalue weighted by molar-refractivity contribution is 5.79. The number of guanidine groups is 1.